The maximum Gasteiger partial charge on any atom is 0.508 e. The van der Waals surface area contributed by atoms with Gasteiger partial charge in [0.15, 0.2) is 0 Å². The molecule has 0 spiro atoms. The Labute approximate surface area is 560 Å². The van der Waals surface area contributed by atoms with Crippen LogP contribution in [0, 0.1) is 0 Å². The molecule has 0 aliphatic heterocycles. The lowest BCUT2D eigenvalue weighted by molar-refractivity contribution is 0.0128. The van der Waals surface area contributed by atoms with E-state index >= 15 is 0 Å². The minimum absolute atomic E-state index is 0.0498. The maximum atomic E-state index is 10.6. The zero-order chi connectivity index (χ0) is 75.2. The molecule has 8 N–H and O–H groups in total. The van der Waals surface area contributed by atoms with Gasteiger partial charge in [0.1, 0.15) is 106 Å². The number of ether oxygens (including phenoxy) is 24. The van der Waals surface area contributed by atoms with Crippen molar-refractivity contribution in [2.24, 2.45) is 0 Å². The highest BCUT2D eigenvalue weighted by atomic mass is 16.8. The average Bonchev–Trinajstić information content (AvgIpc) is 3.65. The molecule has 0 heterocycles. The minimum atomic E-state index is -0.784. The summed E-state index contributed by atoms with van der Waals surface area (Å²) in [4.78, 5) is 84.9. The number of rotatable bonds is 40. The van der Waals surface area contributed by atoms with Crippen LogP contribution >= 0.6 is 0 Å². The molecule has 40 heteroatoms. The van der Waals surface area contributed by atoms with E-state index in [-0.39, 0.29) is 106 Å². The predicted molar refractivity (Wildman–Crippen MR) is 327 cm³/mol. The van der Waals surface area contributed by atoms with Gasteiger partial charge in [-0.2, -0.15) is 0 Å². The normalized spacial score (nSPS) is 12.2. The molecule has 0 aliphatic carbocycles. The molecule has 40 nitrogen and oxygen atoms in total. The van der Waals surface area contributed by atoms with Crippen molar-refractivity contribution in [3.8, 4) is 0 Å². The largest absolute Gasteiger partial charge is 0.508 e. The van der Waals surface area contributed by atoms with Crippen molar-refractivity contribution in [3.05, 3.63) is 0 Å². The van der Waals surface area contributed by atoms with Crippen LogP contribution in [0.2, 0.25) is 0 Å². The van der Waals surface area contributed by atoms with Gasteiger partial charge >= 0.3 is 49.2 Å². The van der Waals surface area contributed by atoms with Crippen LogP contribution in [0.1, 0.15) is 55.4 Å². The van der Waals surface area contributed by atoms with Gasteiger partial charge in [0.05, 0.1) is 102 Å². The summed E-state index contributed by atoms with van der Waals surface area (Å²) in [6.07, 6.45) is -11.6. The molecule has 0 saturated carbocycles. The standard InChI is InChI=1S/8C7H14O5/c8*1-6(8)5-12-7(9)11-4-3-10-2/h8*6,8H,3-5H2,1-2H3. The van der Waals surface area contributed by atoms with Crippen molar-refractivity contribution >= 4 is 49.2 Å². The number of aliphatic hydroxyl groups is 8. The molecule has 0 bridgehead atoms. The first-order valence-corrected chi connectivity index (χ1v) is 29.0. The molecule has 96 heavy (non-hydrogen) atoms. The molecule has 0 aromatic carbocycles. The fraction of sp³-hybridized carbons (Fsp3) is 0.857. The first-order chi connectivity index (χ1) is 45.3. The van der Waals surface area contributed by atoms with E-state index in [4.69, 9.17) is 40.9 Å². The Balaban J connectivity index is -0.000000154. The fourth-order valence-corrected chi connectivity index (χ4v) is 3.51. The van der Waals surface area contributed by atoms with Crippen molar-refractivity contribution in [1.82, 2.24) is 0 Å². The number of hydrogen-bond acceptors (Lipinski definition) is 40. The molecule has 8 atom stereocenters. The van der Waals surface area contributed by atoms with Crippen molar-refractivity contribution in [3.63, 3.8) is 0 Å². The van der Waals surface area contributed by atoms with Gasteiger partial charge in [-0.05, 0) is 55.4 Å². The highest BCUT2D eigenvalue weighted by Gasteiger charge is 2.11. The number of carbonyl (C=O) groups is 8. The van der Waals surface area contributed by atoms with E-state index in [1.165, 1.54) is 112 Å². The van der Waals surface area contributed by atoms with E-state index < -0.39 is 98.1 Å². The smallest absolute Gasteiger partial charge is 0.432 e. The van der Waals surface area contributed by atoms with Gasteiger partial charge in [-0.25, -0.2) is 38.4 Å². The second kappa shape index (κ2) is 84.6. The van der Waals surface area contributed by atoms with Gasteiger partial charge in [0.25, 0.3) is 0 Å². The predicted octanol–water partition coefficient (Wildman–Crippen LogP) is 1.33. The zero-order valence-corrected chi connectivity index (χ0v) is 58.2. The Morgan fingerprint density at radius 3 is 0.323 bits per heavy atom. The lowest BCUT2D eigenvalue weighted by Gasteiger charge is -2.06. The Hall–Kier alpha value is -6.48. The topological polar surface area (TPSA) is 520 Å². The van der Waals surface area contributed by atoms with Crippen molar-refractivity contribution < 1.29 is 193 Å². The Morgan fingerprint density at radius 1 is 0.177 bits per heavy atom. The van der Waals surface area contributed by atoms with Crippen LogP contribution in [0.15, 0.2) is 0 Å². The lowest BCUT2D eigenvalue weighted by Crippen LogP contribution is -2.17. The molecule has 8 unspecified atom stereocenters. The third-order valence-corrected chi connectivity index (χ3v) is 7.60. The summed E-state index contributed by atoms with van der Waals surface area (Å²) in [5.41, 5.74) is 0. The quantitative estimate of drug-likeness (QED) is 0.0244. The zero-order valence-electron chi connectivity index (χ0n) is 58.2. The summed E-state index contributed by atoms with van der Waals surface area (Å²) in [5, 5.41) is 69.7. The second-order valence-electron chi connectivity index (χ2n) is 18.0. The van der Waals surface area contributed by atoms with E-state index in [9.17, 15) is 38.4 Å². The number of methoxy groups -OCH3 is 8. The van der Waals surface area contributed by atoms with Gasteiger partial charge in [0.2, 0.25) is 0 Å². The van der Waals surface area contributed by atoms with E-state index in [0.29, 0.717) is 52.9 Å². The highest BCUT2D eigenvalue weighted by molar-refractivity contribution is 5.62. The summed E-state index contributed by atoms with van der Waals surface area (Å²) in [7, 11) is 12.0. The monoisotopic (exact) mass is 1420 g/mol. The van der Waals surface area contributed by atoms with Crippen LogP contribution in [0.4, 0.5) is 38.4 Å². The number of hydrogen-bond donors (Lipinski definition) is 8. The molecule has 0 aliphatic rings. The van der Waals surface area contributed by atoms with Crippen LogP contribution in [-0.2, 0) is 114 Å². The average molecular weight is 1430 g/mol. The van der Waals surface area contributed by atoms with Gasteiger partial charge in [-0.3, -0.25) is 0 Å². The molecule has 0 saturated heterocycles. The van der Waals surface area contributed by atoms with E-state index in [1.54, 1.807) is 0 Å². The molecule has 0 fully saturated rings. The van der Waals surface area contributed by atoms with E-state index in [0.717, 1.165) is 0 Å². The van der Waals surface area contributed by atoms with Crippen LogP contribution in [0.25, 0.3) is 0 Å². The molecule has 0 rings (SSSR count). The number of carbonyl (C=O) groups excluding carboxylic acids is 8. The van der Waals surface area contributed by atoms with Crippen LogP contribution < -0.4 is 0 Å². The maximum absolute atomic E-state index is 10.6. The molecular formula is C56H112O40. The first kappa shape index (κ1) is 106. The highest BCUT2D eigenvalue weighted by Crippen LogP contribution is 1.95. The third kappa shape index (κ3) is 121. The van der Waals surface area contributed by atoms with Crippen LogP contribution in [-0.4, -0.2) is 354 Å². The fourth-order valence-electron chi connectivity index (χ4n) is 3.51. The summed E-state index contributed by atoms with van der Waals surface area (Å²) >= 11 is 0. The third-order valence-electron chi connectivity index (χ3n) is 7.60. The van der Waals surface area contributed by atoms with Gasteiger partial charge in [0, 0.05) is 56.9 Å². The first-order valence-electron chi connectivity index (χ1n) is 29.0. The molecule has 0 aromatic rings. The lowest BCUT2D eigenvalue weighted by atomic mass is 10.5. The van der Waals surface area contributed by atoms with E-state index in [1.807, 2.05) is 0 Å². The second-order valence-corrected chi connectivity index (χ2v) is 18.0. The number of aliphatic hydroxyl groups excluding tert-OH is 8. The summed E-state index contributed by atoms with van der Waals surface area (Å²) in [6.45, 7) is 15.7. The van der Waals surface area contributed by atoms with Crippen molar-refractivity contribution in [1.29, 1.82) is 0 Å². The summed E-state index contributed by atoms with van der Waals surface area (Å²) < 4.78 is 109. The molecule has 0 radical (unpaired) electrons. The SMILES string of the molecule is COCCOC(=O)OCC(C)O.COCCOC(=O)OCC(C)O.COCCOC(=O)OCC(C)O.COCCOC(=O)OCC(C)O.COCCOC(=O)OCC(C)O.COCCOC(=O)OCC(C)O.COCCOC(=O)OCC(C)O.COCCOC(=O)OCC(C)O. The van der Waals surface area contributed by atoms with E-state index in [2.05, 4.69) is 114 Å². The van der Waals surface area contributed by atoms with Crippen molar-refractivity contribution in [2.75, 3.05) is 215 Å². The molecule has 0 aromatic heterocycles. The van der Waals surface area contributed by atoms with Crippen molar-refractivity contribution in [2.45, 2.75) is 104 Å². The van der Waals surface area contributed by atoms with Crippen LogP contribution in [0.5, 0.6) is 0 Å². The molecular weight excluding hydrogens is 1310 g/mol. The Morgan fingerprint density at radius 2 is 0.260 bits per heavy atom. The Bertz CT molecular complexity index is 1340. The van der Waals surface area contributed by atoms with Gasteiger partial charge in [-0.15, -0.1) is 0 Å². The molecule has 576 valence electrons. The summed E-state index contributed by atoms with van der Waals surface area (Å²) in [5.74, 6) is 0. The molecule has 0 amide bonds. The van der Waals surface area contributed by atoms with Gasteiger partial charge < -0.3 is 155 Å². The summed E-state index contributed by atoms with van der Waals surface area (Å²) in [6, 6.07) is 0. The van der Waals surface area contributed by atoms with Gasteiger partial charge in [-0.1, -0.05) is 0 Å². The Kier molecular flexibility index (Phi) is 93.0. The minimum Gasteiger partial charge on any atom is -0.432 e. The van der Waals surface area contributed by atoms with Crippen LogP contribution in [0.3, 0.4) is 0 Å².